The van der Waals surface area contributed by atoms with E-state index in [4.69, 9.17) is 11.6 Å². The lowest BCUT2D eigenvalue weighted by atomic mass is 10.2. The number of aromatic nitrogens is 3. The average Bonchev–Trinajstić information content (AvgIpc) is 2.39. The van der Waals surface area contributed by atoms with Gasteiger partial charge < -0.3 is 4.90 Å². The van der Waals surface area contributed by atoms with Crippen LogP contribution in [0.3, 0.4) is 0 Å². The van der Waals surface area contributed by atoms with E-state index in [1.807, 2.05) is 0 Å². The lowest BCUT2D eigenvalue weighted by Crippen LogP contribution is -2.27. The number of hydrogen-bond donors (Lipinski definition) is 0. The van der Waals surface area contributed by atoms with Crippen LogP contribution in [0.5, 0.6) is 0 Å². The van der Waals surface area contributed by atoms with Crippen LogP contribution in [0, 0.1) is 0 Å². The van der Waals surface area contributed by atoms with Crippen molar-refractivity contribution in [1.29, 1.82) is 0 Å². The standard InChI is InChI=1S/C12H21ClN4/c1-4-10-11(5-2)15-16-12(14-10)17(6-3)9-7-8-13/h4-9H2,1-3H3. The predicted octanol–water partition coefficient (Wildman–Crippen LogP) is 2.45. The molecule has 1 rings (SSSR count). The maximum absolute atomic E-state index is 5.71. The van der Waals surface area contributed by atoms with Crippen molar-refractivity contribution in [1.82, 2.24) is 15.2 Å². The third-order valence-corrected chi connectivity index (χ3v) is 2.99. The first-order valence-electron chi connectivity index (χ1n) is 6.30. The highest BCUT2D eigenvalue weighted by Crippen LogP contribution is 2.11. The number of rotatable bonds is 7. The fraction of sp³-hybridized carbons (Fsp3) is 0.750. The average molecular weight is 257 g/mol. The molecule has 0 bridgehead atoms. The van der Waals surface area contributed by atoms with Gasteiger partial charge in [0.25, 0.3) is 0 Å². The first kappa shape index (κ1) is 14.2. The van der Waals surface area contributed by atoms with E-state index in [9.17, 15) is 0 Å². The lowest BCUT2D eigenvalue weighted by Gasteiger charge is -2.20. The molecule has 96 valence electrons. The molecule has 0 saturated heterocycles. The van der Waals surface area contributed by atoms with Gasteiger partial charge in [-0.15, -0.1) is 16.7 Å². The maximum Gasteiger partial charge on any atom is 0.245 e. The van der Waals surface area contributed by atoms with Gasteiger partial charge in [0.15, 0.2) is 0 Å². The molecule has 0 spiro atoms. The van der Waals surface area contributed by atoms with Gasteiger partial charge >= 0.3 is 0 Å². The third kappa shape index (κ3) is 3.80. The van der Waals surface area contributed by atoms with Gasteiger partial charge in [0, 0.05) is 19.0 Å². The van der Waals surface area contributed by atoms with Gasteiger partial charge in [-0.05, 0) is 26.2 Å². The summed E-state index contributed by atoms with van der Waals surface area (Å²) in [7, 11) is 0. The Kier molecular flexibility index (Phi) is 6.19. The summed E-state index contributed by atoms with van der Waals surface area (Å²) in [5.41, 5.74) is 2.06. The highest BCUT2D eigenvalue weighted by molar-refractivity contribution is 6.17. The second-order valence-electron chi connectivity index (χ2n) is 3.83. The van der Waals surface area contributed by atoms with Crippen molar-refractivity contribution < 1.29 is 0 Å². The summed E-state index contributed by atoms with van der Waals surface area (Å²) in [4.78, 5) is 6.71. The quantitative estimate of drug-likeness (QED) is 0.703. The first-order valence-corrected chi connectivity index (χ1v) is 6.83. The summed E-state index contributed by atoms with van der Waals surface area (Å²) in [6, 6.07) is 0. The molecule has 0 atom stereocenters. The molecule has 0 fully saturated rings. The smallest absolute Gasteiger partial charge is 0.245 e. The molecule has 1 aromatic heterocycles. The topological polar surface area (TPSA) is 41.9 Å². The number of halogens is 1. The zero-order valence-electron chi connectivity index (χ0n) is 10.9. The van der Waals surface area contributed by atoms with Gasteiger partial charge in [-0.2, -0.15) is 5.10 Å². The Bertz CT molecular complexity index is 343. The second-order valence-corrected chi connectivity index (χ2v) is 4.21. The maximum atomic E-state index is 5.71. The molecule has 0 N–H and O–H groups in total. The fourth-order valence-electron chi connectivity index (χ4n) is 1.71. The van der Waals surface area contributed by atoms with E-state index in [1.54, 1.807) is 0 Å². The van der Waals surface area contributed by atoms with Crippen LogP contribution in [0.25, 0.3) is 0 Å². The van der Waals surface area contributed by atoms with Crippen molar-refractivity contribution in [3.05, 3.63) is 11.4 Å². The zero-order valence-corrected chi connectivity index (χ0v) is 11.7. The molecule has 0 aliphatic carbocycles. The second kappa shape index (κ2) is 7.43. The number of alkyl halides is 1. The molecule has 0 aromatic carbocycles. The van der Waals surface area contributed by atoms with Gasteiger partial charge in [-0.3, -0.25) is 0 Å². The summed E-state index contributed by atoms with van der Waals surface area (Å²) < 4.78 is 0. The molecule has 1 heterocycles. The number of nitrogens with zero attached hydrogens (tertiary/aromatic N) is 4. The molecular formula is C12H21ClN4. The monoisotopic (exact) mass is 256 g/mol. The van der Waals surface area contributed by atoms with Crippen LogP contribution < -0.4 is 4.90 Å². The molecule has 17 heavy (non-hydrogen) atoms. The Labute approximate surface area is 108 Å². The minimum absolute atomic E-state index is 0.664. The third-order valence-electron chi connectivity index (χ3n) is 2.72. The Balaban J connectivity index is 2.88. The number of hydrogen-bond acceptors (Lipinski definition) is 4. The molecule has 0 saturated carbocycles. The van der Waals surface area contributed by atoms with Crippen molar-refractivity contribution >= 4 is 17.5 Å². The highest BCUT2D eigenvalue weighted by Gasteiger charge is 2.11. The summed E-state index contributed by atoms with van der Waals surface area (Å²) in [5.74, 6) is 1.39. The summed E-state index contributed by atoms with van der Waals surface area (Å²) >= 11 is 5.71. The van der Waals surface area contributed by atoms with Crippen molar-refractivity contribution in [2.45, 2.75) is 40.0 Å². The van der Waals surface area contributed by atoms with E-state index in [0.29, 0.717) is 5.88 Å². The Morgan fingerprint density at radius 3 is 2.29 bits per heavy atom. The van der Waals surface area contributed by atoms with Crippen molar-refractivity contribution in [2.24, 2.45) is 0 Å². The summed E-state index contributed by atoms with van der Waals surface area (Å²) in [5, 5.41) is 8.46. The Morgan fingerprint density at radius 1 is 1.06 bits per heavy atom. The lowest BCUT2D eigenvalue weighted by molar-refractivity contribution is 0.725. The SMILES string of the molecule is CCc1nnc(N(CC)CCCCl)nc1CC. The summed E-state index contributed by atoms with van der Waals surface area (Å²) in [6.07, 6.45) is 2.73. The number of anilines is 1. The first-order chi connectivity index (χ1) is 8.26. The molecule has 0 radical (unpaired) electrons. The van der Waals surface area contributed by atoms with Crippen LogP contribution in [0.4, 0.5) is 5.95 Å². The van der Waals surface area contributed by atoms with Gasteiger partial charge in [-0.25, -0.2) is 4.98 Å². The van der Waals surface area contributed by atoms with Crippen LogP contribution in [-0.2, 0) is 12.8 Å². The number of aryl methyl sites for hydroxylation is 2. The zero-order chi connectivity index (χ0) is 12.7. The molecule has 1 aromatic rings. The molecule has 5 heteroatoms. The van der Waals surface area contributed by atoms with E-state index in [1.165, 1.54) is 0 Å². The van der Waals surface area contributed by atoms with Crippen LogP contribution in [0.2, 0.25) is 0 Å². The molecule has 0 unspecified atom stereocenters. The predicted molar refractivity (Wildman–Crippen MR) is 71.8 cm³/mol. The molecule has 0 aliphatic rings. The van der Waals surface area contributed by atoms with E-state index >= 15 is 0 Å². The van der Waals surface area contributed by atoms with E-state index in [0.717, 1.165) is 49.7 Å². The molecule has 0 aliphatic heterocycles. The van der Waals surface area contributed by atoms with E-state index in [2.05, 4.69) is 40.9 Å². The molecule has 0 amide bonds. The van der Waals surface area contributed by atoms with Crippen LogP contribution in [-0.4, -0.2) is 34.2 Å². The van der Waals surface area contributed by atoms with Crippen LogP contribution in [0.15, 0.2) is 0 Å². The minimum atomic E-state index is 0.664. The molecular weight excluding hydrogens is 236 g/mol. The Hall–Kier alpha value is -0.900. The van der Waals surface area contributed by atoms with Gasteiger partial charge in [0.1, 0.15) is 0 Å². The van der Waals surface area contributed by atoms with Gasteiger partial charge in [-0.1, -0.05) is 13.8 Å². The minimum Gasteiger partial charge on any atom is -0.340 e. The van der Waals surface area contributed by atoms with Gasteiger partial charge in [0.05, 0.1) is 11.4 Å². The van der Waals surface area contributed by atoms with Crippen molar-refractivity contribution in [3.63, 3.8) is 0 Å². The van der Waals surface area contributed by atoms with Crippen molar-refractivity contribution in [2.75, 3.05) is 23.9 Å². The Morgan fingerprint density at radius 2 is 1.76 bits per heavy atom. The van der Waals surface area contributed by atoms with E-state index in [-0.39, 0.29) is 0 Å². The summed E-state index contributed by atoms with van der Waals surface area (Å²) in [6.45, 7) is 8.04. The largest absolute Gasteiger partial charge is 0.340 e. The fourth-order valence-corrected chi connectivity index (χ4v) is 1.83. The van der Waals surface area contributed by atoms with E-state index < -0.39 is 0 Å². The molecule has 4 nitrogen and oxygen atoms in total. The van der Waals surface area contributed by atoms with Crippen LogP contribution in [0.1, 0.15) is 38.6 Å². The van der Waals surface area contributed by atoms with Gasteiger partial charge in [0.2, 0.25) is 5.95 Å². The van der Waals surface area contributed by atoms with Crippen LogP contribution >= 0.6 is 11.6 Å². The highest BCUT2D eigenvalue weighted by atomic mass is 35.5. The normalized spacial score (nSPS) is 10.6. The van der Waals surface area contributed by atoms with Crippen molar-refractivity contribution in [3.8, 4) is 0 Å².